The Hall–Kier alpha value is -1.88. The molecule has 0 aromatic heterocycles. The minimum atomic E-state index is -0.259. The summed E-state index contributed by atoms with van der Waals surface area (Å²) in [6.07, 6.45) is 0.281. The van der Waals surface area contributed by atoms with Gasteiger partial charge in [0.1, 0.15) is 0 Å². The van der Waals surface area contributed by atoms with Crippen LogP contribution in [-0.4, -0.2) is 37.4 Å². The number of hydrogen-bond donors (Lipinski definition) is 2. The predicted molar refractivity (Wildman–Crippen MR) is 73.6 cm³/mol. The van der Waals surface area contributed by atoms with Crippen LogP contribution in [0.15, 0.2) is 24.3 Å². The van der Waals surface area contributed by atoms with E-state index in [2.05, 4.69) is 15.5 Å². The van der Waals surface area contributed by atoms with Gasteiger partial charge in [-0.15, -0.1) is 0 Å². The van der Waals surface area contributed by atoms with E-state index < -0.39 is 0 Å². The summed E-state index contributed by atoms with van der Waals surface area (Å²) in [7, 11) is 4.00. The van der Waals surface area contributed by atoms with Crippen LogP contribution in [0.4, 0.5) is 5.69 Å². The average molecular weight is 261 g/mol. The first-order valence-electron chi connectivity index (χ1n) is 6.36. The number of hydrogen-bond acceptors (Lipinski definition) is 3. The predicted octanol–water partition coefficient (Wildman–Crippen LogP) is 0.823. The van der Waals surface area contributed by atoms with Crippen molar-refractivity contribution in [1.82, 2.24) is 10.2 Å². The fourth-order valence-electron chi connectivity index (χ4n) is 2.15. The van der Waals surface area contributed by atoms with E-state index in [-0.39, 0.29) is 24.2 Å². The molecule has 2 amide bonds. The third kappa shape index (κ3) is 3.79. The highest BCUT2D eigenvalue weighted by Crippen LogP contribution is 2.15. The van der Waals surface area contributed by atoms with Crippen LogP contribution in [0.3, 0.4) is 0 Å². The Kier molecular flexibility index (Phi) is 4.16. The van der Waals surface area contributed by atoms with Gasteiger partial charge in [0, 0.05) is 25.2 Å². The van der Waals surface area contributed by atoms with Crippen LogP contribution in [0.5, 0.6) is 0 Å². The lowest BCUT2D eigenvalue weighted by molar-refractivity contribution is -0.123. The number of amides is 2. The van der Waals surface area contributed by atoms with Gasteiger partial charge < -0.3 is 15.5 Å². The molecule has 0 radical (unpaired) electrons. The van der Waals surface area contributed by atoms with Crippen LogP contribution in [0.2, 0.25) is 0 Å². The molecule has 1 atom stereocenters. The van der Waals surface area contributed by atoms with Crippen LogP contribution in [0.25, 0.3) is 0 Å². The Morgan fingerprint density at radius 2 is 2.26 bits per heavy atom. The Morgan fingerprint density at radius 3 is 2.89 bits per heavy atom. The fraction of sp³-hybridized carbons (Fsp3) is 0.429. The molecule has 1 saturated heterocycles. The zero-order valence-electron chi connectivity index (χ0n) is 11.3. The largest absolute Gasteiger partial charge is 0.355 e. The SMILES string of the molecule is CN(C)Cc1cccc(NC(=O)C2CNC(=O)C2)c1. The first-order valence-corrected chi connectivity index (χ1v) is 6.36. The highest BCUT2D eigenvalue weighted by atomic mass is 16.2. The number of anilines is 1. The zero-order chi connectivity index (χ0) is 13.8. The molecule has 2 rings (SSSR count). The van der Waals surface area contributed by atoms with Crippen molar-refractivity contribution in [2.24, 2.45) is 5.92 Å². The number of carbonyl (C=O) groups is 2. The van der Waals surface area contributed by atoms with Crippen molar-refractivity contribution in [3.05, 3.63) is 29.8 Å². The van der Waals surface area contributed by atoms with E-state index in [4.69, 9.17) is 0 Å². The Labute approximate surface area is 113 Å². The molecular weight excluding hydrogens is 242 g/mol. The maximum Gasteiger partial charge on any atom is 0.229 e. The standard InChI is InChI=1S/C14H19N3O2/c1-17(2)9-10-4-3-5-12(6-10)16-14(19)11-7-13(18)15-8-11/h3-6,11H,7-9H2,1-2H3,(H,15,18)(H,16,19). The molecule has 1 heterocycles. The van der Waals surface area contributed by atoms with E-state index in [0.29, 0.717) is 6.54 Å². The van der Waals surface area contributed by atoms with E-state index in [9.17, 15) is 9.59 Å². The zero-order valence-corrected chi connectivity index (χ0v) is 11.3. The van der Waals surface area contributed by atoms with Gasteiger partial charge in [0.05, 0.1) is 5.92 Å². The van der Waals surface area contributed by atoms with Gasteiger partial charge in [0.2, 0.25) is 11.8 Å². The van der Waals surface area contributed by atoms with Gasteiger partial charge >= 0.3 is 0 Å². The number of rotatable bonds is 4. The minimum absolute atomic E-state index is 0.0542. The van der Waals surface area contributed by atoms with Gasteiger partial charge in [-0.1, -0.05) is 12.1 Å². The number of carbonyl (C=O) groups excluding carboxylic acids is 2. The van der Waals surface area contributed by atoms with Gasteiger partial charge in [-0.05, 0) is 31.8 Å². The molecule has 5 heteroatoms. The number of nitrogens with zero attached hydrogens (tertiary/aromatic N) is 1. The molecule has 0 aliphatic carbocycles. The molecule has 1 unspecified atom stereocenters. The molecule has 0 saturated carbocycles. The molecule has 5 nitrogen and oxygen atoms in total. The summed E-state index contributed by atoms with van der Waals surface area (Å²) in [6, 6.07) is 7.77. The summed E-state index contributed by atoms with van der Waals surface area (Å²) in [5.74, 6) is -0.410. The van der Waals surface area contributed by atoms with Crippen LogP contribution in [-0.2, 0) is 16.1 Å². The van der Waals surface area contributed by atoms with Crippen molar-refractivity contribution >= 4 is 17.5 Å². The van der Waals surface area contributed by atoms with E-state index in [0.717, 1.165) is 17.8 Å². The third-order valence-corrected chi connectivity index (χ3v) is 3.04. The second-order valence-electron chi connectivity index (χ2n) is 5.13. The first kappa shape index (κ1) is 13.5. The second-order valence-corrected chi connectivity index (χ2v) is 5.13. The molecule has 0 bridgehead atoms. The summed E-state index contributed by atoms with van der Waals surface area (Å²) >= 11 is 0. The summed E-state index contributed by atoms with van der Waals surface area (Å²) in [5.41, 5.74) is 1.92. The first-order chi connectivity index (χ1) is 9.04. The summed E-state index contributed by atoms with van der Waals surface area (Å²) in [6.45, 7) is 1.26. The van der Waals surface area contributed by atoms with E-state index in [1.807, 2.05) is 38.4 Å². The molecule has 1 aliphatic rings. The van der Waals surface area contributed by atoms with Crippen molar-refractivity contribution in [2.75, 3.05) is 26.0 Å². The summed E-state index contributed by atoms with van der Waals surface area (Å²) in [5, 5.41) is 5.54. The number of benzene rings is 1. The molecule has 2 N–H and O–H groups in total. The monoisotopic (exact) mass is 261 g/mol. The van der Waals surface area contributed by atoms with Crippen LogP contribution in [0, 0.1) is 5.92 Å². The van der Waals surface area contributed by atoms with Crippen LogP contribution in [0.1, 0.15) is 12.0 Å². The Morgan fingerprint density at radius 1 is 1.47 bits per heavy atom. The maximum atomic E-state index is 12.0. The third-order valence-electron chi connectivity index (χ3n) is 3.04. The normalized spacial score (nSPS) is 18.5. The van der Waals surface area contributed by atoms with E-state index in [1.54, 1.807) is 0 Å². The van der Waals surface area contributed by atoms with Gasteiger partial charge in [-0.3, -0.25) is 9.59 Å². The second kappa shape index (κ2) is 5.84. The van der Waals surface area contributed by atoms with E-state index in [1.165, 1.54) is 0 Å². The van der Waals surface area contributed by atoms with Gasteiger partial charge in [0.25, 0.3) is 0 Å². The molecule has 1 aromatic carbocycles. The van der Waals surface area contributed by atoms with Crippen molar-refractivity contribution in [3.8, 4) is 0 Å². The fourth-order valence-corrected chi connectivity index (χ4v) is 2.15. The molecule has 19 heavy (non-hydrogen) atoms. The van der Waals surface area contributed by atoms with E-state index >= 15 is 0 Å². The minimum Gasteiger partial charge on any atom is -0.355 e. The lowest BCUT2D eigenvalue weighted by Gasteiger charge is -2.12. The van der Waals surface area contributed by atoms with Gasteiger partial charge in [-0.25, -0.2) is 0 Å². The molecule has 0 spiro atoms. The summed E-state index contributed by atoms with van der Waals surface area (Å²) < 4.78 is 0. The molecular formula is C14H19N3O2. The Bertz CT molecular complexity index is 485. The lowest BCUT2D eigenvalue weighted by Crippen LogP contribution is -2.24. The van der Waals surface area contributed by atoms with Crippen LogP contribution < -0.4 is 10.6 Å². The van der Waals surface area contributed by atoms with Crippen molar-refractivity contribution in [3.63, 3.8) is 0 Å². The van der Waals surface area contributed by atoms with Gasteiger partial charge in [-0.2, -0.15) is 0 Å². The molecule has 1 aliphatic heterocycles. The molecule has 1 aromatic rings. The van der Waals surface area contributed by atoms with Crippen molar-refractivity contribution in [1.29, 1.82) is 0 Å². The van der Waals surface area contributed by atoms with Crippen molar-refractivity contribution in [2.45, 2.75) is 13.0 Å². The van der Waals surface area contributed by atoms with Crippen LogP contribution >= 0.6 is 0 Å². The number of nitrogens with one attached hydrogen (secondary N) is 2. The maximum absolute atomic E-state index is 12.0. The molecule has 1 fully saturated rings. The topological polar surface area (TPSA) is 61.4 Å². The average Bonchev–Trinajstić information content (AvgIpc) is 2.75. The highest BCUT2D eigenvalue weighted by Gasteiger charge is 2.27. The highest BCUT2D eigenvalue weighted by molar-refractivity contribution is 5.97. The summed E-state index contributed by atoms with van der Waals surface area (Å²) in [4.78, 5) is 25.1. The van der Waals surface area contributed by atoms with Crippen molar-refractivity contribution < 1.29 is 9.59 Å². The quantitative estimate of drug-likeness (QED) is 0.843. The smallest absolute Gasteiger partial charge is 0.229 e. The molecule has 102 valence electrons. The van der Waals surface area contributed by atoms with Gasteiger partial charge in [0.15, 0.2) is 0 Å². The Balaban J connectivity index is 1.98. The lowest BCUT2D eigenvalue weighted by atomic mass is 10.1.